The van der Waals surface area contributed by atoms with E-state index < -0.39 is 24.0 Å². The number of carboxylic acids is 1. The van der Waals surface area contributed by atoms with Gasteiger partial charge in [0.25, 0.3) is 5.91 Å². The summed E-state index contributed by atoms with van der Waals surface area (Å²) in [6.07, 6.45) is 1.66. The minimum atomic E-state index is -1.33. The van der Waals surface area contributed by atoms with Gasteiger partial charge in [0, 0.05) is 11.3 Å². The molecular formula is C20H21N2O4S-. The zero-order chi connectivity index (χ0) is 19.6. The average Bonchev–Trinajstić information content (AvgIpc) is 2.68. The van der Waals surface area contributed by atoms with Crippen molar-refractivity contribution in [3.05, 3.63) is 71.8 Å². The van der Waals surface area contributed by atoms with Gasteiger partial charge in [0.05, 0.1) is 24.5 Å². The van der Waals surface area contributed by atoms with E-state index in [1.54, 1.807) is 42.7 Å². The summed E-state index contributed by atoms with van der Waals surface area (Å²) in [5.41, 5.74) is 1.24. The fourth-order valence-corrected chi connectivity index (χ4v) is 3.10. The van der Waals surface area contributed by atoms with Gasteiger partial charge < -0.3 is 20.5 Å². The smallest absolute Gasteiger partial charge is 0.251 e. The number of thioether (sulfide) groups is 1. The maximum absolute atomic E-state index is 12.5. The van der Waals surface area contributed by atoms with E-state index in [0.717, 1.165) is 5.56 Å². The van der Waals surface area contributed by atoms with Crippen molar-refractivity contribution in [3.8, 4) is 0 Å². The molecule has 2 rings (SSSR count). The van der Waals surface area contributed by atoms with E-state index in [9.17, 15) is 19.5 Å². The highest BCUT2D eigenvalue weighted by atomic mass is 32.2. The topological polar surface area (TPSA) is 98.3 Å². The lowest BCUT2D eigenvalue weighted by atomic mass is 10.0. The molecule has 27 heavy (non-hydrogen) atoms. The number of hydrogen-bond acceptors (Lipinski definition) is 5. The molecule has 0 radical (unpaired) electrons. The minimum absolute atomic E-state index is 0.0826. The number of hydrogen-bond donors (Lipinski definition) is 2. The van der Waals surface area contributed by atoms with E-state index >= 15 is 0 Å². The second-order valence-electron chi connectivity index (χ2n) is 5.90. The monoisotopic (exact) mass is 385 g/mol. The maximum Gasteiger partial charge on any atom is 0.251 e. The summed E-state index contributed by atoms with van der Waals surface area (Å²) in [6, 6.07) is 16.1. The number of aliphatic carboxylic acids is 1. The van der Waals surface area contributed by atoms with E-state index in [2.05, 4.69) is 10.6 Å². The molecule has 2 aromatic rings. The molecule has 2 aromatic carbocycles. The van der Waals surface area contributed by atoms with Gasteiger partial charge in [-0.1, -0.05) is 48.5 Å². The first-order valence-corrected chi connectivity index (χ1v) is 9.80. The molecule has 0 fully saturated rings. The molecular weight excluding hydrogens is 364 g/mol. The van der Waals surface area contributed by atoms with Gasteiger partial charge in [0.1, 0.15) is 0 Å². The summed E-state index contributed by atoms with van der Waals surface area (Å²) in [5.74, 6) is -1.90. The first-order chi connectivity index (χ1) is 13.0. The molecule has 0 saturated carbocycles. The van der Waals surface area contributed by atoms with Crippen LogP contribution in [0.2, 0.25) is 0 Å². The molecule has 0 unspecified atom stereocenters. The van der Waals surface area contributed by atoms with Gasteiger partial charge in [-0.3, -0.25) is 9.59 Å². The fraction of sp³-hybridized carbons (Fsp3) is 0.250. The molecule has 2 N–H and O–H groups in total. The summed E-state index contributed by atoms with van der Waals surface area (Å²) < 4.78 is 0. The summed E-state index contributed by atoms with van der Waals surface area (Å²) in [7, 11) is 0. The fourth-order valence-electron chi connectivity index (χ4n) is 2.54. The SMILES string of the molecule is CSC[C@H](NC(=O)C[C@@H](NC(=O)c1ccccc1)c1ccccc1)C(=O)[O-]. The Hall–Kier alpha value is -2.80. The third kappa shape index (κ3) is 6.45. The normalized spacial score (nSPS) is 12.6. The van der Waals surface area contributed by atoms with Crippen LogP contribution >= 0.6 is 11.8 Å². The second kappa shape index (κ2) is 10.4. The molecule has 0 saturated heterocycles. The number of carbonyl (C=O) groups is 3. The minimum Gasteiger partial charge on any atom is -0.548 e. The standard InChI is InChI=1S/C20H22N2O4S/c1-27-13-17(20(25)26)21-18(23)12-16(14-8-4-2-5-9-14)22-19(24)15-10-6-3-7-11-15/h2-11,16-17H,12-13H2,1H3,(H,21,23)(H,22,24)(H,25,26)/p-1/t16-,17+/m1/s1. The molecule has 7 heteroatoms. The van der Waals surface area contributed by atoms with Crippen molar-refractivity contribution in [2.75, 3.05) is 12.0 Å². The Morgan fingerprint density at radius 2 is 1.56 bits per heavy atom. The van der Waals surface area contributed by atoms with Crippen LogP contribution in [0.3, 0.4) is 0 Å². The van der Waals surface area contributed by atoms with E-state index in [1.807, 2.05) is 24.3 Å². The third-order valence-corrected chi connectivity index (χ3v) is 4.55. The molecule has 2 atom stereocenters. The van der Waals surface area contributed by atoms with Crippen molar-refractivity contribution < 1.29 is 19.5 Å². The Balaban J connectivity index is 2.12. The zero-order valence-corrected chi connectivity index (χ0v) is 15.7. The molecule has 0 spiro atoms. The van der Waals surface area contributed by atoms with Crippen molar-refractivity contribution in [2.24, 2.45) is 0 Å². The van der Waals surface area contributed by atoms with Crippen LogP contribution in [0.15, 0.2) is 60.7 Å². The number of nitrogens with one attached hydrogen (secondary N) is 2. The zero-order valence-electron chi connectivity index (χ0n) is 14.9. The highest BCUT2D eigenvalue weighted by Gasteiger charge is 2.21. The number of carboxylic acid groups (broad SMARTS) is 1. The molecule has 2 amide bonds. The molecule has 0 aliphatic rings. The molecule has 0 heterocycles. The highest BCUT2D eigenvalue weighted by molar-refractivity contribution is 7.98. The van der Waals surface area contributed by atoms with Crippen LogP contribution in [0, 0.1) is 0 Å². The Kier molecular flexibility index (Phi) is 7.88. The average molecular weight is 385 g/mol. The van der Waals surface area contributed by atoms with E-state index in [4.69, 9.17) is 0 Å². The van der Waals surface area contributed by atoms with E-state index in [0.29, 0.717) is 5.56 Å². The highest BCUT2D eigenvalue weighted by Crippen LogP contribution is 2.17. The summed E-state index contributed by atoms with van der Waals surface area (Å²) in [5, 5.41) is 16.4. The summed E-state index contributed by atoms with van der Waals surface area (Å²) >= 11 is 1.30. The van der Waals surface area contributed by atoms with Gasteiger partial charge in [-0.05, 0) is 24.0 Å². The first kappa shape index (κ1) is 20.5. The van der Waals surface area contributed by atoms with Crippen LogP contribution in [0.25, 0.3) is 0 Å². The molecule has 0 aliphatic heterocycles. The lowest BCUT2D eigenvalue weighted by Crippen LogP contribution is -2.50. The van der Waals surface area contributed by atoms with Gasteiger partial charge in [-0.25, -0.2) is 0 Å². The van der Waals surface area contributed by atoms with Gasteiger partial charge in [0.15, 0.2) is 0 Å². The lowest BCUT2D eigenvalue weighted by molar-refractivity contribution is -0.307. The number of benzene rings is 2. The predicted molar refractivity (Wildman–Crippen MR) is 103 cm³/mol. The summed E-state index contributed by atoms with van der Waals surface area (Å²) in [4.78, 5) is 36.0. The quantitative estimate of drug-likeness (QED) is 0.675. The van der Waals surface area contributed by atoms with Crippen LogP contribution in [0.4, 0.5) is 0 Å². The van der Waals surface area contributed by atoms with E-state index in [-0.39, 0.29) is 18.1 Å². The third-order valence-electron chi connectivity index (χ3n) is 3.89. The van der Waals surface area contributed by atoms with Gasteiger partial charge >= 0.3 is 0 Å². The van der Waals surface area contributed by atoms with Crippen molar-refractivity contribution >= 4 is 29.5 Å². The molecule has 142 valence electrons. The van der Waals surface area contributed by atoms with Gasteiger partial charge in [-0.15, -0.1) is 0 Å². The second-order valence-corrected chi connectivity index (χ2v) is 6.81. The molecule has 0 aliphatic carbocycles. The molecule has 6 nitrogen and oxygen atoms in total. The number of amides is 2. The van der Waals surface area contributed by atoms with Gasteiger partial charge in [0.2, 0.25) is 5.91 Å². The predicted octanol–water partition coefficient (Wildman–Crippen LogP) is 1.15. The Morgan fingerprint density at radius 1 is 0.963 bits per heavy atom. The van der Waals surface area contributed by atoms with Crippen LogP contribution in [0.1, 0.15) is 28.4 Å². The first-order valence-electron chi connectivity index (χ1n) is 8.41. The Labute approximate surface area is 162 Å². The lowest BCUT2D eigenvalue weighted by Gasteiger charge is -2.22. The maximum atomic E-state index is 12.5. The van der Waals surface area contributed by atoms with Crippen molar-refractivity contribution in [1.29, 1.82) is 0 Å². The molecule has 0 bridgehead atoms. The number of rotatable bonds is 9. The molecule has 0 aromatic heterocycles. The van der Waals surface area contributed by atoms with Crippen molar-refractivity contribution in [3.63, 3.8) is 0 Å². The van der Waals surface area contributed by atoms with Crippen LogP contribution in [0.5, 0.6) is 0 Å². The largest absolute Gasteiger partial charge is 0.548 e. The van der Waals surface area contributed by atoms with Crippen LogP contribution in [-0.2, 0) is 9.59 Å². The van der Waals surface area contributed by atoms with Crippen LogP contribution in [-0.4, -0.2) is 35.8 Å². The van der Waals surface area contributed by atoms with Crippen LogP contribution < -0.4 is 15.7 Å². The van der Waals surface area contributed by atoms with Crippen molar-refractivity contribution in [2.45, 2.75) is 18.5 Å². The Bertz CT molecular complexity index is 768. The van der Waals surface area contributed by atoms with E-state index in [1.165, 1.54) is 11.8 Å². The van der Waals surface area contributed by atoms with Crippen molar-refractivity contribution in [1.82, 2.24) is 10.6 Å². The number of carbonyl (C=O) groups excluding carboxylic acids is 3. The summed E-state index contributed by atoms with van der Waals surface area (Å²) in [6.45, 7) is 0. The Morgan fingerprint density at radius 3 is 2.11 bits per heavy atom. The van der Waals surface area contributed by atoms with Gasteiger partial charge in [-0.2, -0.15) is 11.8 Å².